The smallest absolute Gasteiger partial charge is 0.298 e. The predicted octanol–water partition coefficient (Wildman–Crippen LogP) is 0.753. The Bertz CT molecular complexity index is 292. The van der Waals surface area contributed by atoms with Crippen LogP contribution in [-0.4, -0.2) is 36.0 Å². The molecule has 1 N–H and O–H groups in total. The van der Waals surface area contributed by atoms with E-state index in [1.165, 1.54) is 12.8 Å². The Hall–Kier alpha value is -1.01. The minimum Gasteiger partial charge on any atom is -0.327 e. The van der Waals surface area contributed by atoms with E-state index in [0.29, 0.717) is 12.1 Å². The van der Waals surface area contributed by atoms with Crippen LogP contribution >= 0.6 is 0 Å². The van der Waals surface area contributed by atoms with Crippen LogP contribution in [0.5, 0.6) is 0 Å². The normalized spacial score (nSPS) is 24.5. The van der Waals surface area contributed by atoms with E-state index in [9.17, 15) is 4.79 Å². The van der Waals surface area contributed by atoms with Crippen LogP contribution in [0.2, 0.25) is 0 Å². The molecule has 1 amide bonds. The molecule has 1 unspecified atom stereocenters. The lowest BCUT2D eigenvalue weighted by Crippen LogP contribution is -2.41. The minimum absolute atomic E-state index is 0.00806. The van der Waals surface area contributed by atoms with Crippen LogP contribution in [0.1, 0.15) is 32.6 Å². The van der Waals surface area contributed by atoms with Crippen LogP contribution in [-0.2, 0) is 4.79 Å². The molecule has 15 heavy (non-hydrogen) atoms. The van der Waals surface area contributed by atoms with Gasteiger partial charge < -0.3 is 10.2 Å². The molecule has 1 saturated carbocycles. The summed E-state index contributed by atoms with van der Waals surface area (Å²) in [5.74, 6) is 5.35. The molecule has 2 rings (SSSR count). The molecular weight excluding hydrogens is 188 g/mol. The number of nitrogens with zero attached hydrogens (tertiary/aromatic N) is 1. The minimum atomic E-state index is 0.00806. The third-order valence-electron chi connectivity index (χ3n) is 3.06. The molecule has 0 spiro atoms. The van der Waals surface area contributed by atoms with Crippen molar-refractivity contribution in [2.45, 2.75) is 44.7 Å². The van der Waals surface area contributed by atoms with Crippen LogP contribution in [0, 0.1) is 11.8 Å². The summed E-state index contributed by atoms with van der Waals surface area (Å²) in [6, 6.07) is 0.967. The van der Waals surface area contributed by atoms with Gasteiger partial charge in [0, 0.05) is 18.6 Å². The molecule has 1 saturated heterocycles. The Morgan fingerprint density at radius 2 is 2.27 bits per heavy atom. The first kappa shape index (κ1) is 10.5. The number of hydrogen-bond donors (Lipinski definition) is 1. The second-order valence-corrected chi connectivity index (χ2v) is 4.36. The van der Waals surface area contributed by atoms with E-state index in [0.717, 1.165) is 25.9 Å². The molecule has 82 valence electrons. The van der Waals surface area contributed by atoms with Gasteiger partial charge in [-0.25, -0.2) is 0 Å². The van der Waals surface area contributed by atoms with Crippen molar-refractivity contribution in [3.8, 4) is 11.8 Å². The highest BCUT2D eigenvalue weighted by Gasteiger charge is 2.33. The van der Waals surface area contributed by atoms with E-state index in [1.807, 2.05) is 4.90 Å². The summed E-state index contributed by atoms with van der Waals surface area (Å²) in [4.78, 5) is 13.7. The van der Waals surface area contributed by atoms with Gasteiger partial charge in [0.1, 0.15) is 0 Å². The number of carbonyl (C=O) groups excluding carboxylic acids is 1. The average molecular weight is 206 g/mol. The third kappa shape index (κ3) is 2.73. The maximum absolute atomic E-state index is 11.7. The molecule has 1 aliphatic heterocycles. The monoisotopic (exact) mass is 206 g/mol. The fraction of sp³-hybridized carbons (Fsp3) is 0.750. The van der Waals surface area contributed by atoms with Gasteiger partial charge >= 0.3 is 0 Å². The van der Waals surface area contributed by atoms with E-state index in [4.69, 9.17) is 0 Å². The number of amides is 1. The largest absolute Gasteiger partial charge is 0.327 e. The van der Waals surface area contributed by atoms with Gasteiger partial charge in [0.05, 0.1) is 0 Å². The van der Waals surface area contributed by atoms with Crippen molar-refractivity contribution in [1.82, 2.24) is 10.2 Å². The zero-order valence-electron chi connectivity index (χ0n) is 9.25. The van der Waals surface area contributed by atoms with Crippen LogP contribution in [0.15, 0.2) is 0 Å². The number of carbonyl (C=O) groups is 1. The van der Waals surface area contributed by atoms with E-state index in [2.05, 4.69) is 17.2 Å². The molecule has 0 aromatic carbocycles. The molecule has 1 aliphatic carbocycles. The average Bonchev–Trinajstić information content (AvgIpc) is 2.93. The van der Waals surface area contributed by atoms with E-state index in [1.54, 1.807) is 6.92 Å². The molecule has 2 fully saturated rings. The fourth-order valence-corrected chi connectivity index (χ4v) is 2.11. The van der Waals surface area contributed by atoms with Gasteiger partial charge in [0.2, 0.25) is 0 Å². The van der Waals surface area contributed by atoms with Gasteiger partial charge in [-0.3, -0.25) is 4.79 Å². The molecule has 0 bridgehead atoms. The Balaban J connectivity index is 1.92. The highest BCUT2D eigenvalue weighted by atomic mass is 16.2. The lowest BCUT2D eigenvalue weighted by atomic mass is 10.2. The summed E-state index contributed by atoms with van der Waals surface area (Å²) in [6.07, 6.45) is 4.74. The first-order valence-electron chi connectivity index (χ1n) is 5.78. The van der Waals surface area contributed by atoms with Crippen molar-refractivity contribution in [2.24, 2.45) is 0 Å². The van der Waals surface area contributed by atoms with Gasteiger partial charge in [-0.15, -0.1) is 0 Å². The van der Waals surface area contributed by atoms with Gasteiger partial charge in [-0.2, -0.15) is 0 Å². The maximum Gasteiger partial charge on any atom is 0.298 e. The fourth-order valence-electron chi connectivity index (χ4n) is 2.11. The van der Waals surface area contributed by atoms with Crippen molar-refractivity contribution in [1.29, 1.82) is 0 Å². The SMILES string of the molecule is CC#CC(=O)N(CC1CCCN1)C1CC1. The molecule has 0 aromatic heterocycles. The zero-order valence-corrected chi connectivity index (χ0v) is 9.25. The maximum atomic E-state index is 11.7. The molecule has 2 aliphatic rings. The second-order valence-electron chi connectivity index (χ2n) is 4.36. The summed E-state index contributed by atoms with van der Waals surface area (Å²) in [5.41, 5.74) is 0. The van der Waals surface area contributed by atoms with Crippen LogP contribution in [0.3, 0.4) is 0 Å². The summed E-state index contributed by atoms with van der Waals surface area (Å²) in [7, 11) is 0. The molecular formula is C12H18N2O. The zero-order chi connectivity index (χ0) is 10.7. The Morgan fingerprint density at radius 1 is 1.47 bits per heavy atom. The highest BCUT2D eigenvalue weighted by molar-refractivity contribution is 5.93. The molecule has 0 radical (unpaired) electrons. The summed E-state index contributed by atoms with van der Waals surface area (Å²) in [6.45, 7) is 3.66. The summed E-state index contributed by atoms with van der Waals surface area (Å²) in [5, 5.41) is 3.42. The van der Waals surface area contributed by atoms with Gasteiger partial charge in [0.25, 0.3) is 5.91 Å². The Labute approximate surface area is 91.2 Å². The van der Waals surface area contributed by atoms with Gasteiger partial charge in [-0.05, 0) is 45.1 Å². The van der Waals surface area contributed by atoms with Crippen LogP contribution in [0.25, 0.3) is 0 Å². The molecule has 1 heterocycles. The Kier molecular flexibility index (Phi) is 3.27. The van der Waals surface area contributed by atoms with Crippen molar-refractivity contribution in [2.75, 3.05) is 13.1 Å². The second kappa shape index (κ2) is 4.67. The molecule has 1 atom stereocenters. The topological polar surface area (TPSA) is 32.3 Å². The van der Waals surface area contributed by atoms with Crippen LogP contribution < -0.4 is 5.32 Å². The van der Waals surface area contributed by atoms with Crippen molar-refractivity contribution < 1.29 is 4.79 Å². The quantitative estimate of drug-likeness (QED) is 0.691. The Morgan fingerprint density at radius 3 is 2.80 bits per heavy atom. The summed E-state index contributed by atoms with van der Waals surface area (Å²) < 4.78 is 0. The van der Waals surface area contributed by atoms with Gasteiger partial charge in [0.15, 0.2) is 0 Å². The lowest BCUT2D eigenvalue weighted by molar-refractivity contribution is -0.126. The van der Waals surface area contributed by atoms with E-state index < -0.39 is 0 Å². The van der Waals surface area contributed by atoms with Crippen molar-refractivity contribution in [3.63, 3.8) is 0 Å². The molecule has 3 heteroatoms. The van der Waals surface area contributed by atoms with E-state index in [-0.39, 0.29) is 5.91 Å². The highest BCUT2D eigenvalue weighted by Crippen LogP contribution is 2.27. The van der Waals surface area contributed by atoms with Crippen LogP contribution in [0.4, 0.5) is 0 Å². The number of rotatable bonds is 3. The standard InChI is InChI=1S/C12H18N2O/c1-2-4-12(15)14(11-6-7-11)9-10-5-3-8-13-10/h10-11,13H,3,5-9H2,1H3. The van der Waals surface area contributed by atoms with Crippen molar-refractivity contribution in [3.05, 3.63) is 0 Å². The first-order valence-corrected chi connectivity index (χ1v) is 5.78. The van der Waals surface area contributed by atoms with E-state index >= 15 is 0 Å². The molecule has 3 nitrogen and oxygen atoms in total. The number of hydrogen-bond acceptors (Lipinski definition) is 2. The van der Waals surface area contributed by atoms with Crippen molar-refractivity contribution >= 4 is 5.91 Å². The van der Waals surface area contributed by atoms with Gasteiger partial charge in [-0.1, -0.05) is 5.92 Å². The lowest BCUT2D eigenvalue weighted by Gasteiger charge is -2.23. The third-order valence-corrected chi connectivity index (χ3v) is 3.06. The predicted molar refractivity (Wildman–Crippen MR) is 59.2 cm³/mol. The number of nitrogens with one attached hydrogen (secondary N) is 1. The first-order chi connectivity index (χ1) is 7.31. The molecule has 0 aromatic rings. The summed E-state index contributed by atoms with van der Waals surface area (Å²) >= 11 is 0.